The molecule has 1 aromatic rings. The van der Waals surface area contributed by atoms with E-state index in [1.54, 1.807) is 12.1 Å². The van der Waals surface area contributed by atoms with Crippen molar-refractivity contribution in [2.45, 2.75) is 36.6 Å². The maximum atomic E-state index is 11.8. The van der Waals surface area contributed by atoms with Crippen molar-refractivity contribution in [3.63, 3.8) is 0 Å². The number of hydrogen-bond acceptors (Lipinski definition) is 2. The number of carbonyl (C=O) groups is 1. The molecule has 1 aliphatic carbocycles. The Labute approximate surface area is 95.5 Å². The average Bonchev–Trinajstić information content (AvgIpc) is 2.16. The highest BCUT2D eigenvalue weighted by molar-refractivity contribution is 7.80. The third-order valence-corrected chi connectivity index (χ3v) is 3.30. The minimum atomic E-state index is 0.0190. The second kappa shape index (κ2) is 3.89. The smallest absolute Gasteiger partial charge is 0.251 e. The average molecular weight is 221 g/mol. The first-order valence-electron chi connectivity index (χ1n) is 5.21. The third-order valence-electron chi connectivity index (χ3n) is 3.00. The second-order valence-corrected chi connectivity index (χ2v) is 4.93. The van der Waals surface area contributed by atoms with E-state index >= 15 is 0 Å². The van der Waals surface area contributed by atoms with Gasteiger partial charge in [0.05, 0.1) is 0 Å². The van der Waals surface area contributed by atoms with Crippen molar-refractivity contribution in [3.05, 3.63) is 29.8 Å². The molecule has 1 aromatic carbocycles. The first-order valence-corrected chi connectivity index (χ1v) is 5.65. The van der Waals surface area contributed by atoms with Gasteiger partial charge in [-0.1, -0.05) is 0 Å². The molecule has 0 radical (unpaired) electrons. The number of benzene rings is 1. The lowest BCUT2D eigenvalue weighted by Crippen LogP contribution is -2.50. The highest BCUT2D eigenvalue weighted by atomic mass is 32.1. The predicted octanol–water partition coefficient (Wildman–Crippen LogP) is 2.65. The van der Waals surface area contributed by atoms with Crippen LogP contribution in [0.2, 0.25) is 0 Å². The lowest BCUT2D eigenvalue weighted by molar-refractivity contribution is 0.0850. The van der Waals surface area contributed by atoms with E-state index in [9.17, 15) is 4.79 Å². The highest BCUT2D eigenvalue weighted by Crippen LogP contribution is 2.31. The molecule has 0 unspecified atom stereocenters. The molecule has 1 fully saturated rings. The fraction of sp³-hybridized carbons (Fsp3) is 0.417. The van der Waals surface area contributed by atoms with Gasteiger partial charge in [-0.3, -0.25) is 4.79 Å². The lowest BCUT2D eigenvalue weighted by Gasteiger charge is -2.39. The molecule has 0 heterocycles. The molecule has 1 amide bonds. The van der Waals surface area contributed by atoms with E-state index < -0.39 is 0 Å². The van der Waals surface area contributed by atoms with Gasteiger partial charge in [-0.25, -0.2) is 0 Å². The SMILES string of the molecule is CC1(NC(=O)c2ccc(S)cc2)CCC1. The Morgan fingerprint density at radius 3 is 2.40 bits per heavy atom. The van der Waals surface area contributed by atoms with E-state index in [1.165, 1.54) is 6.42 Å². The van der Waals surface area contributed by atoms with Crippen molar-refractivity contribution >= 4 is 18.5 Å². The Kier molecular flexibility index (Phi) is 2.74. The summed E-state index contributed by atoms with van der Waals surface area (Å²) >= 11 is 4.18. The summed E-state index contributed by atoms with van der Waals surface area (Å²) in [5.74, 6) is 0.0190. The molecule has 0 bridgehead atoms. The second-order valence-electron chi connectivity index (χ2n) is 4.42. The third kappa shape index (κ3) is 2.34. The molecular formula is C12H15NOS. The van der Waals surface area contributed by atoms with Crippen LogP contribution in [-0.2, 0) is 0 Å². The summed E-state index contributed by atoms with van der Waals surface area (Å²) in [7, 11) is 0. The van der Waals surface area contributed by atoms with Crippen LogP contribution in [-0.4, -0.2) is 11.4 Å². The van der Waals surface area contributed by atoms with Crippen molar-refractivity contribution in [1.82, 2.24) is 5.32 Å². The number of thiol groups is 1. The van der Waals surface area contributed by atoms with E-state index in [4.69, 9.17) is 0 Å². The molecule has 0 aromatic heterocycles. The maximum absolute atomic E-state index is 11.8. The summed E-state index contributed by atoms with van der Waals surface area (Å²) < 4.78 is 0. The zero-order valence-corrected chi connectivity index (χ0v) is 9.68. The van der Waals surface area contributed by atoms with E-state index in [0.29, 0.717) is 5.56 Å². The van der Waals surface area contributed by atoms with E-state index in [0.717, 1.165) is 17.7 Å². The van der Waals surface area contributed by atoms with Crippen molar-refractivity contribution in [2.24, 2.45) is 0 Å². The van der Waals surface area contributed by atoms with Crippen LogP contribution in [0.25, 0.3) is 0 Å². The number of rotatable bonds is 2. The maximum Gasteiger partial charge on any atom is 0.251 e. The summed E-state index contributed by atoms with van der Waals surface area (Å²) in [4.78, 5) is 12.7. The Hall–Kier alpha value is -0.960. The van der Waals surface area contributed by atoms with Gasteiger partial charge in [-0.2, -0.15) is 0 Å². The number of carbonyl (C=O) groups excluding carboxylic acids is 1. The van der Waals surface area contributed by atoms with E-state index in [1.807, 2.05) is 12.1 Å². The normalized spacial score (nSPS) is 18.0. The summed E-state index contributed by atoms with van der Waals surface area (Å²) in [6.45, 7) is 2.10. The van der Waals surface area contributed by atoms with Gasteiger partial charge >= 0.3 is 0 Å². The molecule has 0 saturated heterocycles. The first-order chi connectivity index (χ1) is 7.09. The van der Waals surface area contributed by atoms with Crippen molar-refractivity contribution in [2.75, 3.05) is 0 Å². The van der Waals surface area contributed by atoms with Crippen LogP contribution < -0.4 is 5.32 Å². The molecule has 0 spiro atoms. The largest absolute Gasteiger partial charge is 0.347 e. The molecule has 2 rings (SSSR count). The Morgan fingerprint density at radius 2 is 1.93 bits per heavy atom. The van der Waals surface area contributed by atoms with Crippen molar-refractivity contribution in [3.8, 4) is 0 Å². The lowest BCUT2D eigenvalue weighted by atomic mass is 9.78. The van der Waals surface area contributed by atoms with Crippen molar-refractivity contribution in [1.29, 1.82) is 0 Å². The summed E-state index contributed by atoms with van der Waals surface area (Å²) in [5, 5.41) is 3.06. The molecule has 15 heavy (non-hydrogen) atoms. The van der Waals surface area contributed by atoms with Gasteiger partial charge in [0.25, 0.3) is 5.91 Å². The topological polar surface area (TPSA) is 29.1 Å². The quantitative estimate of drug-likeness (QED) is 0.739. The summed E-state index contributed by atoms with van der Waals surface area (Å²) in [6.07, 6.45) is 3.39. The number of amides is 1. The molecule has 3 heteroatoms. The van der Waals surface area contributed by atoms with Gasteiger partial charge in [0.15, 0.2) is 0 Å². The zero-order valence-electron chi connectivity index (χ0n) is 8.79. The standard InChI is InChI=1S/C12H15NOS/c1-12(7-2-8-12)13-11(14)9-3-5-10(15)6-4-9/h3-6,15H,2,7-8H2,1H3,(H,13,14). The fourth-order valence-electron chi connectivity index (χ4n) is 1.79. The van der Waals surface area contributed by atoms with Gasteiger partial charge < -0.3 is 5.32 Å². The molecule has 2 nitrogen and oxygen atoms in total. The Morgan fingerprint density at radius 1 is 1.33 bits per heavy atom. The van der Waals surface area contributed by atoms with Crippen LogP contribution in [0.15, 0.2) is 29.2 Å². The molecule has 1 aliphatic rings. The van der Waals surface area contributed by atoms with E-state index in [-0.39, 0.29) is 11.4 Å². The first kappa shape index (κ1) is 10.6. The van der Waals surface area contributed by atoms with E-state index in [2.05, 4.69) is 24.9 Å². The van der Waals surface area contributed by atoms with Crippen LogP contribution >= 0.6 is 12.6 Å². The Balaban J connectivity index is 2.04. The summed E-state index contributed by atoms with van der Waals surface area (Å²) in [6, 6.07) is 7.28. The van der Waals surface area contributed by atoms with Gasteiger partial charge in [0.2, 0.25) is 0 Å². The zero-order chi connectivity index (χ0) is 10.9. The molecule has 0 aliphatic heterocycles. The predicted molar refractivity (Wildman–Crippen MR) is 63.4 cm³/mol. The minimum Gasteiger partial charge on any atom is -0.347 e. The molecule has 80 valence electrons. The molecule has 1 N–H and O–H groups in total. The fourth-order valence-corrected chi connectivity index (χ4v) is 1.94. The van der Waals surface area contributed by atoms with Crippen LogP contribution in [0.3, 0.4) is 0 Å². The van der Waals surface area contributed by atoms with Crippen LogP contribution in [0.4, 0.5) is 0 Å². The molecule has 1 saturated carbocycles. The van der Waals surface area contributed by atoms with Gasteiger partial charge in [0.1, 0.15) is 0 Å². The Bertz CT molecular complexity index is 368. The van der Waals surface area contributed by atoms with Crippen LogP contribution in [0.5, 0.6) is 0 Å². The molecular weight excluding hydrogens is 206 g/mol. The van der Waals surface area contributed by atoms with Crippen molar-refractivity contribution < 1.29 is 4.79 Å². The monoisotopic (exact) mass is 221 g/mol. The van der Waals surface area contributed by atoms with Crippen LogP contribution in [0.1, 0.15) is 36.5 Å². The highest BCUT2D eigenvalue weighted by Gasteiger charge is 2.33. The van der Waals surface area contributed by atoms with Gasteiger partial charge in [0, 0.05) is 16.0 Å². The summed E-state index contributed by atoms with van der Waals surface area (Å²) in [5.41, 5.74) is 0.734. The number of hydrogen-bond donors (Lipinski definition) is 2. The van der Waals surface area contributed by atoms with Gasteiger partial charge in [-0.15, -0.1) is 12.6 Å². The molecule has 0 atom stereocenters. The van der Waals surface area contributed by atoms with Crippen LogP contribution in [0, 0.1) is 0 Å². The minimum absolute atomic E-state index is 0.0190. The van der Waals surface area contributed by atoms with Gasteiger partial charge in [-0.05, 0) is 50.5 Å². The number of nitrogens with one attached hydrogen (secondary N) is 1.